The molecule has 0 amide bonds. The molecule has 0 aliphatic carbocycles. The average Bonchev–Trinajstić information content (AvgIpc) is 3.46. The first-order chi connectivity index (χ1) is 18.4. The van der Waals surface area contributed by atoms with Crippen molar-refractivity contribution in [3.63, 3.8) is 0 Å². The van der Waals surface area contributed by atoms with Crippen LogP contribution in [-0.2, 0) is 23.4 Å². The van der Waals surface area contributed by atoms with E-state index >= 15 is 0 Å². The van der Waals surface area contributed by atoms with E-state index in [4.69, 9.17) is 26.1 Å². The SMILES string of the molecule is [2H]CC1(C)O[C@H]([C@@H](O)[C@@H]2OC(C)(C[2H])O[C@H]2CO[Si](c2ccccc2)(c2ccccc2)C(C)(C)C)[C@H](CO)O1. The minimum absolute atomic E-state index is 0.109. The number of ether oxygens (including phenoxy) is 4. The molecule has 7 atom stereocenters. The molecule has 2 unspecified atom stereocenters. The molecule has 0 saturated carbocycles. The molecule has 2 N–H and O–H groups in total. The van der Waals surface area contributed by atoms with Crippen LogP contribution in [0.4, 0.5) is 0 Å². The molecule has 0 radical (unpaired) electrons. The summed E-state index contributed by atoms with van der Waals surface area (Å²) in [4.78, 5) is 0. The van der Waals surface area contributed by atoms with E-state index in [9.17, 15) is 10.2 Å². The van der Waals surface area contributed by atoms with Gasteiger partial charge in [0.2, 0.25) is 0 Å². The second-order valence-electron chi connectivity index (χ2n) is 11.4. The van der Waals surface area contributed by atoms with Crippen molar-refractivity contribution in [2.45, 2.75) is 95.6 Å². The molecular formula is C29H42O7Si. The Morgan fingerprint density at radius 3 is 1.76 bits per heavy atom. The van der Waals surface area contributed by atoms with Crippen molar-refractivity contribution in [1.82, 2.24) is 0 Å². The Kier molecular flexibility index (Phi) is 7.28. The Morgan fingerprint density at radius 2 is 1.32 bits per heavy atom. The maximum atomic E-state index is 11.5. The highest BCUT2D eigenvalue weighted by Crippen LogP contribution is 2.40. The summed E-state index contributed by atoms with van der Waals surface area (Å²) < 4.78 is 47.0. The summed E-state index contributed by atoms with van der Waals surface area (Å²) in [5, 5.41) is 23.4. The van der Waals surface area contributed by atoms with E-state index in [1.54, 1.807) is 13.8 Å². The Labute approximate surface area is 224 Å². The minimum atomic E-state index is -2.90. The fraction of sp³-hybridized carbons (Fsp3) is 0.586. The predicted molar refractivity (Wildman–Crippen MR) is 144 cm³/mol. The first-order valence-corrected chi connectivity index (χ1v) is 14.7. The van der Waals surface area contributed by atoms with E-state index in [0.717, 1.165) is 10.4 Å². The highest BCUT2D eigenvalue weighted by Gasteiger charge is 2.55. The third-order valence-corrected chi connectivity index (χ3v) is 12.0. The zero-order chi connectivity index (χ0) is 28.5. The van der Waals surface area contributed by atoms with Crippen LogP contribution in [0, 0.1) is 0 Å². The van der Waals surface area contributed by atoms with Crippen molar-refractivity contribution in [3.8, 4) is 0 Å². The van der Waals surface area contributed by atoms with Gasteiger partial charge in [0.05, 0.1) is 13.2 Å². The van der Waals surface area contributed by atoms with Crippen LogP contribution in [0.3, 0.4) is 0 Å². The van der Waals surface area contributed by atoms with E-state index < -0.39 is 50.4 Å². The zero-order valence-corrected chi connectivity index (χ0v) is 23.4. The monoisotopic (exact) mass is 532 g/mol. The molecule has 8 heteroatoms. The van der Waals surface area contributed by atoms with Crippen LogP contribution in [-0.4, -0.2) is 73.8 Å². The van der Waals surface area contributed by atoms with Crippen LogP contribution in [0.1, 0.15) is 51.2 Å². The van der Waals surface area contributed by atoms with Gasteiger partial charge in [-0.25, -0.2) is 0 Å². The number of hydrogen-bond donors (Lipinski definition) is 2. The average molecular weight is 533 g/mol. The van der Waals surface area contributed by atoms with Crippen molar-refractivity contribution in [2.24, 2.45) is 0 Å². The molecule has 2 saturated heterocycles. The molecule has 4 rings (SSSR count). The number of aliphatic hydroxyl groups excluding tert-OH is 2. The highest BCUT2D eigenvalue weighted by atomic mass is 28.4. The molecule has 0 bridgehead atoms. The third-order valence-electron chi connectivity index (χ3n) is 7.04. The fourth-order valence-corrected chi connectivity index (χ4v) is 10.1. The Balaban J connectivity index is 1.68. The largest absolute Gasteiger partial charge is 0.405 e. The first kappa shape index (κ1) is 25.6. The molecule has 37 heavy (non-hydrogen) atoms. The van der Waals surface area contributed by atoms with Crippen LogP contribution < -0.4 is 10.4 Å². The van der Waals surface area contributed by atoms with Crippen LogP contribution >= 0.6 is 0 Å². The smallest absolute Gasteiger partial charge is 0.261 e. The van der Waals surface area contributed by atoms with E-state index in [1.807, 2.05) is 36.4 Å². The van der Waals surface area contributed by atoms with Crippen LogP contribution in [0.5, 0.6) is 0 Å². The molecule has 2 aliphatic heterocycles. The van der Waals surface area contributed by atoms with Gasteiger partial charge in [-0.2, -0.15) is 0 Å². The van der Waals surface area contributed by atoms with Crippen molar-refractivity contribution in [3.05, 3.63) is 60.7 Å². The maximum Gasteiger partial charge on any atom is 0.261 e. The quantitative estimate of drug-likeness (QED) is 0.506. The summed E-state index contributed by atoms with van der Waals surface area (Å²) in [5.74, 6) is -2.50. The molecule has 0 spiro atoms. The molecule has 2 aromatic carbocycles. The number of benzene rings is 2. The molecule has 2 aromatic rings. The molecule has 7 nitrogen and oxygen atoms in total. The molecular weight excluding hydrogens is 488 g/mol. The van der Waals surface area contributed by atoms with Crippen molar-refractivity contribution in [2.75, 3.05) is 13.2 Å². The Bertz CT molecular complexity index is 1030. The van der Waals surface area contributed by atoms with Crippen molar-refractivity contribution < 1.29 is 36.3 Å². The highest BCUT2D eigenvalue weighted by molar-refractivity contribution is 6.99. The van der Waals surface area contributed by atoms with Gasteiger partial charge in [-0.1, -0.05) is 81.4 Å². The van der Waals surface area contributed by atoms with E-state index in [1.165, 1.54) is 0 Å². The summed E-state index contributed by atoms with van der Waals surface area (Å²) in [5.41, 5.74) is 0. The lowest BCUT2D eigenvalue weighted by atomic mass is 10.00. The summed E-state index contributed by atoms with van der Waals surface area (Å²) in [6.07, 6.45) is -4.66. The summed E-state index contributed by atoms with van der Waals surface area (Å²) in [6.45, 7) is 9.18. The summed E-state index contributed by atoms with van der Waals surface area (Å²) >= 11 is 0. The zero-order valence-electron chi connectivity index (χ0n) is 24.4. The first-order valence-electron chi connectivity index (χ1n) is 14.2. The second kappa shape index (κ2) is 10.5. The third kappa shape index (κ3) is 5.72. The Hall–Kier alpha value is -1.62. The topological polar surface area (TPSA) is 86.6 Å². The van der Waals surface area contributed by atoms with Crippen LogP contribution in [0.15, 0.2) is 60.7 Å². The lowest BCUT2D eigenvalue weighted by Crippen LogP contribution is -2.67. The standard InChI is InChI=1S/C29H42O7Si/c1-27(2,3)37(20-14-10-8-11-15-20,21-16-12-9-13-17-21)32-19-23-26(36-29(6,7)34-23)24(31)25-22(18-30)33-28(4,5)35-25/h8-17,22-26,30-31H,18-19H2,1-7H3/t22-,23-,24+,25-,26+/m0/s1/i4D,6D/t22-,23-,24+,25-,26+,28?,29?. The predicted octanol–water partition coefficient (Wildman–Crippen LogP) is 2.96. The van der Waals surface area contributed by atoms with Gasteiger partial charge in [0.15, 0.2) is 11.6 Å². The number of rotatable bonds is 8. The van der Waals surface area contributed by atoms with Crippen molar-refractivity contribution >= 4 is 18.7 Å². The van der Waals surface area contributed by atoms with Gasteiger partial charge in [-0.3, -0.25) is 0 Å². The maximum absolute atomic E-state index is 11.5. The van der Waals surface area contributed by atoms with E-state index in [2.05, 4.69) is 45.0 Å². The molecule has 0 aromatic heterocycles. The molecule has 204 valence electrons. The Morgan fingerprint density at radius 1 is 0.865 bits per heavy atom. The fourth-order valence-electron chi connectivity index (χ4n) is 5.56. The van der Waals surface area contributed by atoms with Gasteiger partial charge in [-0.15, -0.1) is 0 Å². The van der Waals surface area contributed by atoms with Gasteiger partial charge in [0, 0.05) is 2.74 Å². The van der Waals surface area contributed by atoms with Gasteiger partial charge in [0.25, 0.3) is 8.32 Å². The summed E-state index contributed by atoms with van der Waals surface area (Å²) in [6, 6.07) is 20.5. The van der Waals surface area contributed by atoms with Gasteiger partial charge in [0.1, 0.15) is 30.5 Å². The van der Waals surface area contributed by atoms with Gasteiger partial charge >= 0.3 is 0 Å². The lowest BCUT2D eigenvalue weighted by molar-refractivity contribution is -0.179. The number of aliphatic hydroxyl groups is 2. The normalized spacial score (nSPS) is 34.2. The number of hydrogen-bond acceptors (Lipinski definition) is 7. The molecule has 2 fully saturated rings. The van der Waals surface area contributed by atoms with Crippen LogP contribution in [0.25, 0.3) is 0 Å². The second-order valence-corrected chi connectivity index (χ2v) is 15.7. The van der Waals surface area contributed by atoms with Crippen molar-refractivity contribution in [1.29, 1.82) is 0 Å². The van der Waals surface area contributed by atoms with E-state index in [-0.39, 0.29) is 32.1 Å². The van der Waals surface area contributed by atoms with Gasteiger partial charge in [-0.05, 0) is 43.1 Å². The molecule has 2 heterocycles. The van der Waals surface area contributed by atoms with Gasteiger partial charge < -0.3 is 33.6 Å². The minimum Gasteiger partial charge on any atom is -0.405 e. The lowest BCUT2D eigenvalue weighted by Gasteiger charge is -2.43. The van der Waals surface area contributed by atoms with E-state index in [0.29, 0.717) is 0 Å². The van der Waals surface area contributed by atoms with Crippen LogP contribution in [0.2, 0.25) is 5.04 Å². The molecule has 2 aliphatic rings. The summed E-state index contributed by atoms with van der Waals surface area (Å²) in [7, 11) is -2.90.